The number of hydrogen-bond donors (Lipinski definition) is 1. The molecule has 1 N–H and O–H groups in total. The first-order valence-electron chi connectivity index (χ1n) is 6.68. The van der Waals surface area contributed by atoms with Crippen LogP contribution in [0.3, 0.4) is 0 Å². The highest BCUT2D eigenvalue weighted by Crippen LogP contribution is 2.28. The summed E-state index contributed by atoms with van der Waals surface area (Å²) in [5.74, 6) is 0.328. The topological polar surface area (TPSA) is 26.7 Å². The molecule has 1 heterocycles. The second-order valence-electron chi connectivity index (χ2n) is 6.06. The van der Waals surface area contributed by atoms with Crippen molar-refractivity contribution < 1.29 is 5.11 Å². The molecule has 94 valence electrons. The zero-order valence-electron chi connectivity index (χ0n) is 10.9. The minimum Gasteiger partial charge on any atom is -0.389 e. The largest absolute Gasteiger partial charge is 0.389 e. The van der Waals surface area contributed by atoms with Gasteiger partial charge >= 0.3 is 0 Å². The van der Waals surface area contributed by atoms with E-state index in [2.05, 4.69) is 23.6 Å². The van der Waals surface area contributed by atoms with E-state index in [-0.39, 0.29) is 0 Å². The predicted molar refractivity (Wildman–Crippen MR) is 66.5 cm³/mol. The fraction of sp³-hybridized carbons (Fsp3) is 1.00. The Balaban J connectivity index is 1.76. The lowest BCUT2D eigenvalue weighted by atomic mass is 9.92. The minimum absolute atomic E-state index is 0.328. The Morgan fingerprint density at radius 3 is 2.19 bits per heavy atom. The van der Waals surface area contributed by atoms with Crippen LogP contribution in [0.25, 0.3) is 0 Å². The molecule has 0 bridgehead atoms. The van der Waals surface area contributed by atoms with Crippen LogP contribution in [-0.4, -0.2) is 59.3 Å². The van der Waals surface area contributed by atoms with Crippen LogP contribution in [0.15, 0.2) is 0 Å². The van der Waals surface area contributed by atoms with Gasteiger partial charge in [0.1, 0.15) is 0 Å². The molecule has 3 heteroatoms. The second kappa shape index (κ2) is 4.63. The molecule has 0 aromatic carbocycles. The van der Waals surface area contributed by atoms with Gasteiger partial charge in [-0.3, -0.25) is 9.80 Å². The Morgan fingerprint density at radius 2 is 1.75 bits per heavy atom. The summed E-state index contributed by atoms with van der Waals surface area (Å²) in [7, 11) is 0. The van der Waals surface area contributed by atoms with Crippen molar-refractivity contribution in [2.75, 3.05) is 32.7 Å². The highest BCUT2D eigenvalue weighted by Gasteiger charge is 2.33. The third kappa shape index (κ3) is 2.96. The van der Waals surface area contributed by atoms with Gasteiger partial charge in [0.2, 0.25) is 0 Å². The first-order valence-corrected chi connectivity index (χ1v) is 6.68. The van der Waals surface area contributed by atoms with Gasteiger partial charge in [0, 0.05) is 38.8 Å². The van der Waals surface area contributed by atoms with Crippen molar-refractivity contribution in [2.45, 2.75) is 45.3 Å². The molecule has 2 fully saturated rings. The van der Waals surface area contributed by atoms with Gasteiger partial charge in [-0.1, -0.05) is 13.8 Å². The fourth-order valence-electron chi connectivity index (χ4n) is 2.36. The van der Waals surface area contributed by atoms with E-state index in [0.29, 0.717) is 5.92 Å². The smallest absolute Gasteiger partial charge is 0.0768 e. The number of nitrogens with zero attached hydrogens (tertiary/aromatic N) is 2. The lowest BCUT2D eigenvalue weighted by Crippen LogP contribution is -2.52. The van der Waals surface area contributed by atoms with E-state index >= 15 is 0 Å². The van der Waals surface area contributed by atoms with E-state index in [1.807, 2.05) is 6.92 Å². The Morgan fingerprint density at radius 1 is 1.19 bits per heavy atom. The number of β-amino-alcohol motifs (C(OH)–C–C–N with tert-alkyl or cyclic N) is 1. The van der Waals surface area contributed by atoms with Gasteiger partial charge in [0.25, 0.3) is 0 Å². The van der Waals surface area contributed by atoms with E-state index in [1.54, 1.807) is 0 Å². The summed E-state index contributed by atoms with van der Waals surface area (Å²) in [6.07, 6.45) is 2.81. The van der Waals surface area contributed by atoms with Crippen molar-refractivity contribution in [2.24, 2.45) is 5.92 Å². The molecule has 0 aromatic heterocycles. The molecular formula is C13H26N2O. The fourth-order valence-corrected chi connectivity index (χ4v) is 2.36. The van der Waals surface area contributed by atoms with Crippen LogP contribution in [0.2, 0.25) is 0 Å². The summed E-state index contributed by atoms with van der Waals surface area (Å²) < 4.78 is 0. The van der Waals surface area contributed by atoms with Gasteiger partial charge in [0.15, 0.2) is 0 Å². The molecule has 1 aliphatic heterocycles. The summed E-state index contributed by atoms with van der Waals surface area (Å²) >= 11 is 0. The van der Waals surface area contributed by atoms with Crippen LogP contribution in [0.4, 0.5) is 0 Å². The Hall–Kier alpha value is -0.120. The van der Waals surface area contributed by atoms with Gasteiger partial charge in [-0.05, 0) is 25.7 Å². The average molecular weight is 226 g/mol. The summed E-state index contributed by atoms with van der Waals surface area (Å²) in [5.41, 5.74) is -0.540. The zero-order chi connectivity index (χ0) is 11.8. The second-order valence-corrected chi connectivity index (χ2v) is 6.06. The Labute approximate surface area is 99.4 Å². The molecule has 16 heavy (non-hydrogen) atoms. The number of hydrogen-bond acceptors (Lipinski definition) is 3. The molecule has 0 radical (unpaired) electrons. The summed E-state index contributed by atoms with van der Waals surface area (Å²) in [6, 6.07) is 0.896. The Kier molecular flexibility index (Phi) is 3.57. The van der Waals surface area contributed by atoms with Gasteiger partial charge in [0.05, 0.1) is 5.60 Å². The summed E-state index contributed by atoms with van der Waals surface area (Å²) in [6.45, 7) is 11.6. The average Bonchev–Trinajstić information content (AvgIpc) is 3.01. The van der Waals surface area contributed by atoms with Crippen molar-refractivity contribution in [3.05, 3.63) is 0 Å². The maximum absolute atomic E-state index is 10.3. The minimum atomic E-state index is -0.540. The van der Waals surface area contributed by atoms with Crippen molar-refractivity contribution in [3.63, 3.8) is 0 Å². The van der Waals surface area contributed by atoms with Crippen LogP contribution in [-0.2, 0) is 0 Å². The Bertz CT molecular complexity index is 228. The van der Waals surface area contributed by atoms with Crippen LogP contribution in [0.1, 0.15) is 33.6 Å². The molecule has 1 atom stereocenters. The monoisotopic (exact) mass is 226 g/mol. The normalized spacial score (nSPS) is 28.3. The number of rotatable bonds is 4. The molecule has 2 rings (SSSR count). The highest BCUT2D eigenvalue weighted by molar-refractivity contribution is 4.89. The van der Waals surface area contributed by atoms with Crippen molar-refractivity contribution >= 4 is 0 Å². The summed E-state index contributed by atoms with van der Waals surface area (Å²) in [4.78, 5) is 5.03. The van der Waals surface area contributed by atoms with E-state index in [0.717, 1.165) is 25.7 Å². The number of aliphatic hydroxyl groups is 1. The van der Waals surface area contributed by atoms with Crippen LogP contribution < -0.4 is 0 Å². The van der Waals surface area contributed by atoms with Crippen LogP contribution in [0, 0.1) is 5.92 Å². The lowest BCUT2D eigenvalue weighted by Gasteiger charge is -2.39. The van der Waals surface area contributed by atoms with Gasteiger partial charge in [-0.15, -0.1) is 0 Å². The summed E-state index contributed by atoms with van der Waals surface area (Å²) in [5, 5.41) is 10.3. The van der Waals surface area contributed by atoms with Crippen molar-refractivity contribution in [1.82, 2.24) is 9.80 Å². The number of piperazine rings is 1. The van der Waals surface area contributed by atoms with Gasteiger partial charge in [-0.25, -0.2) is 0 Å². The standard InChI is InChI=1S/C13H26N2O/c1-11(2)13(3,16)10-14-6-8-15(9-7-14)12-4-5-12/h11-12,16H,4-10H2,1-3H3. The maximum Gasteiger partial charge on any atom is 0.0768 e. The molecule has 2 aliphatic rings. The van der Waals surface area contributed by atoms with Crippen molar-refractivity contribution in [3.8, 4) is 0 Å². The van der Waals surface area contributed by atoms with Gasteiger partial charge in [-0.2, -0.15) is 0 Å². The first kappa shape index (κ1) is 12.3. The molecular weight excluding hydrogens is 200 g/mol. The third-order valence-corrected chi connectivity index (χ3v) is 4.26. The highest BCUT2D eigenvalue weighted by atomic mass is 16.3. The molecule has 1 saturated carbocycles. The zero-order valence-corrected chi connectivity index (χ0v) is 10.9. The van der Waals surface area contributed by atoms with E-state index in [4.69, 9.17) is 0 Å². The molecule has 0 aromatic rings. The van der Waals surface area contributed by atoms with E-state index in [9.17, 15) is 5.11 Å². The molecule has 1 saturated heterocycles. The van der Waals surface area contributed by atoms with Crippen molar-refractivity contribution in [1.29, 1.82) is 0 Å². The van der Waals surface area contributed by atoms with Crippen LogP contribution in [0.5, 0.6) is 0 Å². The van der Waals surface area contributed by atoms with Crippen LogP contribution >= 0.6 is 0 Å². The first-order chi connectivity index (χ1) is 7.49. The molecule has 0 spiro atoms. The molecule has 3 nitrogen and oxygen atoms in total. The van der Waals surface area contributed by atoms with Gasteiger partial charge < -0.3 is 5.11 Å². The van der Waals surface area contributed by atoms with E-state index in [1.165, 1.54) is 25.9 Å². The molecule has 1 unspecified atom stereocenters. The maximum atomic E-state index is 10.3. The predicted octanol–water partition coefficient (Wildman–Crippen LogP) is 1.17. The molecule has 1 aliphatic carbocycles. The quantitative estimate of drug-likeness (QED) is 0.779. The lowest BCUT2D eigenvalue weighted by molar-refractivity contribution is -0.0295. The SMILES string of the molecule is CC(C)C(C)(O)CN1CCN(C2CC2)CC1. The third-order valence-electron chi connectivity index (χ3n) is 4.26. The van der Waals surface area contributed by atoms with E-state index < -0.39 is 5.60 Å². The molecule has 0 amide bonds.